The van der Waals surface area contributed by atoms with E-state index in [9.17, 15) is 9.59 Å². The molecule has 1 heterocycles. The Morgan fingerprint density at radius 2 is 1.88 bits per heavy atom. The highest BCUT2D eigenvalue weighted by atomic mass is 16.4. The van der Waals surface area contributed by atoms with Crippen molar-refractivity contribution in [3.05, 3.63) is 48.0 Å². The van der Waals surface area contributed by atoms with Crippen molar-refractivity contribution in [3.63, 3.8) is 0 Å². The quantitative estimate of drug-likeness (QED) is 0.930. The number of likely N-dealkylation sites (N-methyl/N-ethyl adjacent to an activating group) is 1. The van der Waals surface area contributed by atoms with Gasteiger partial charge in [-0.3, -0.25) is 14.5 Å². The van der Waals surface area contributed by atoms with Gasteiger partial charge in [0.15, 0.2) is 0 Å². The molecule has 132 valence electrons. The number of likely N-dealkylation sites (tertiary alicyclic amines) is 1. The summed E-state index contributed by atoms with van der Waals surface area (Å²) in [5, 5.41) is 11.2. The van der Waals surface area contributed by atoms with Crippen molar-refractivity contribution >= 4 is 22.6 Å². The van der Waals surface area contributed by atoms with Gasteiger partial charge in [-0.15, -0.1) is 0 Å². The smallest absolute Gasteiger partial charge is 0.317 e. The van der Waals surface area contributed by atoms with Crippen LogP contribution in [-0.2, 0) is 4.79 Å². The topological polar surface area (TPSA) is 60.9 Å². The summed E-state index contributed by atoms with van der Waals surface area (Å²) in [5.74, 6) is -0.747. The largest absolute Gasteiger partial charge is 0.480 e. The van der Waals surface area contributed by atoms with Crippen LogP contribution in [0.2, 0.25) is 0 Å². The lowest BCUT2D eigenvalue weighted by atomic mass is 10.1. The SMILES string of the molecule is CN(CC(=O)O)C1CCCN(C(=O)c2ccc3ccccc3c2)CC1. The molecule has 1 amide bonds. The molecule has 1 N–H and O–H groups in total. The van der Waals surface area contributed by atoms with Crippen LogP contribution in [0.4, 0.5) is 0 Å². The molecule has 1 aliphatic rings. The Labute approximate surface area is 147 Å². The van der Waals surface area contributed by atoms with E-state index in [1.807, 2.05) is 59.3 Å². The summed E-state index contributed by atoms with van der Waals surface area (Å²) < 4.78 is 0. The predicted octanol–water partition coefficient (Wildman–Crippen LogP) is 2.85. The fourth-order valence-corrected chi connectivity index (χ4v) is 3.57. The van der Waals surface area contributed by atoms with Crippen LogP contribution in [0.3, 0.4) is 0 Å². The van der Waals surface area contributed by atoms with Crippen LogP contribution in [-0.4, -0.2) is 59.5 Å². The zero-order valence-electron chi connectivity index (χ0n) is 14.5. The molecular weight excluding hydrogens is 316 g/mol. The van der Waals surface area contributed by atoms with E-state index in [1.54, 1.807) is 0 Å². The second-order valence-electron chi connectivity index (χ2n) is 6.75. The van der Waals surface area contributed by atoms with Crippen LogP contribution < -0.4 is 0 Å². The Bertz CT molecular complexity index is 774. The van der Waals surface area contributed by atoms with Crippen molar-refractivity contribution in [1.29, 1.82) is 0 Å². The molecule has 1 unspecified atom stereocenters. The van der Waals surface area contributed by atoms with Crippen molar-refractivity contribution in [2.45, 2.75) is 25.3 Å². The summed E-state index contributed by atoms with van der Waals surface area (Å²) >= 11 is 0. The highest BCUT2D eigenvalue weighted by Crippen LogP contribution is 2.20. The molecule has 2 aromatic rings. The van der Waals surface area contributed by atoms with Gasteiger partial charge in [-0.25, -0.2) is 0 Å². The first kappa shape index (κ1) is 17.4. The van der Waals surface area contributed by atoms with Gasteiger partial charge in [-0.2, -0.15) is 0 Å². The van der Waals surface area contributed by atoms with Gasteiger partial charge in [0.2, 0.25) is 0 Å². The number of carboxylic acids is 1. The number of hydrogen-bond acceptors (Lipinski definition) is 3. The minimum Gasteiger partial charge on any atom is -0.480 e. The van der Waals surface area contributed by atoms with Gasteiger partial charge in [0.25, 0.3) is 5.91 Å². The first-order valence-corrected chi connectivity index (χ1v) is 8.74. The van der Waals surface area contributed by atoms with Crippen molar-refractivity contribution < 1.29 is 14.7 Å². The van der Waals surface area contributed by atoms with E-state index in [-0.39, 0.29) is 18.5 Å². The van der Waals surface area contributed by atoms with E-state index in [2.05, 4.69) is 0 Å². The Kier molecular flexibility index (Phi) is 5.34. The molecule has 0 saturated carbocycles. The van der Waals surface area contributed by atoms with Crippen molar-refractivity contribution in [3.8, 4) is 0 Å². The van der Waals surface area contributed by atoms with Gasteiger partial charge in [0.1, 0.15) is 0 Å². The predicted molar refractivity (Wildman–Crippen MR) is 97.8 cm³/mol. The molecule has 0 spiro atoms. The number of nitrogens with zero attached hydrogens (tertiary/aromatic N) is 2. The first-order valence-electron chi connectivity index (χ1n) is 8.74. The van der Waals surface area contributed by atoms with Gasteiger partial charge in [0.05, 0.1) is 6.54 Å². The molecule has 5 heteroatoms. The average molecular weight is 340 g/mol. The second-order valence-corrected chi connectivity index (χ2v) is 6.75. The maximum Gasteiger partial charge on any atom is 0.317 e. The van der Waals surface area contributed by atoms with Gasteiger partial charge in [0, 0.05) is 24.7 Å². The third kappa shape index (κ3) is 4.17. The Balaban J connectivity index is 1.68. The number of fused-ring (bicyclic) bond motifs is 1. The molecule has 1 saturated heterocycles. The second kappa shape index (κ2) is 7.66. The van der Waals surface area contributed by atoms with Gasteiger partial charge in [-0.05, 0) is 49.2 Å². The van der Waals surface area contributed by atoms with E-state index >= 15 is 0 Å². The van der Waals surface area contributed by atoms with Crippen molar-refractivity contribution in [2.75, 3.05) is 26.7 Å². The van der Waals surface area contributed by atoms with Gasteiger partial charge >= 0.3 is 5.97 Å². The maximum atomic E-state index is 12.9. The Morgan fingerprint density at radius 3 is 2.64 bits per heavy atom. The minimum atomic E-state index is -0.809. The Morgan fingerprint density at radius 1 is 1.12 bits per heavy atom. The molecule has 25 heavy (non-hydrogen) atoms. The van der Waals surface area contributed by atoms with Gasteiger partial charge < -0.3 is 10.0 Å². The molecule has 3 rings (SSSR count). The molecule has 0 bridgehead atoms. The molecule has 1 aliphatic heterocycles. The maximum absolute atomic E-state index is 12.9. The molecule has 2 aromatic carbocycles. The number of benzene rings is 2. The van der Waals surface area contributed by atoms with Crippen LogP contribution in [0.15, 0.2) is 42.5 Å². The zero-order chi connectivity index (χ0) is 17.8. The summed E-state index contributed by atoms with van der Waals surface area (Å²) in [7, 11) is 1.85. The fourth-order valence-electron chi connectivity index (χ4n) is 3.57. The summed E-state index contributed by atoms with van der Waals surface area (Å²) in [5.41, 5.74) is 0.719. The molecule has 5 nitrogen and oxygen atoms in total. The standard InChI is InChI=1S/C20H24N2O3/c1-21(14-19(23)24)18-7-4-11-22(12-10-18)20(25)17-9-8-15-5-2-3-6-16(15)13-17/h2-3,5-6,8-9,13,18H,4,7,10-12,14H2,1H3,(H,23,24). The molecule has 1 fully saturated rings. The fraction of sp³-hybridized carbons (Fsp3) is 0.400. The van der Waals surface area contributed by atoms with Crippen LogP contribution in [0, 0.1) is 0 Å². The van der Waals surface area contributed by atoms with E-state index in [4.69, 9.17) is 5.11 Å². The summed E-state index contributed by atoms with van der Waals surface area (Å²) in [4.78, 5) is 27.5. The van der Waals surface area contributed by atoms with E-state index in [0.29, 0.717) is 6.54 Å². The van der Waals surface area contributed by atoms with Crippen molar-refractivity contribution in [1.82, 2.24) is 9.80 Å². The molecule has 0 aromatic heterocycles. The molecular formula is C20H24N2O3. The molecule has 0 radical (unpaired) electrons. The lowest BCUT2D eigenvalue weighted by Gasteiger charge is -2.25. The van der Waals surface area contributed by atoms with Crippen LogP contribution in [0.5, 0.6) is 0 Å². The lowest BCUT2D eigenvalue weighted by Crippen LogP contribution is -2.37. The van der Waals surface area contributed by atoms with Crippen LogP contribution in [0.25, 0.3) is 10.8 Å². The highest BCUT2D eigenvalue weighted by Gasteiger charge is 2.24. The Hall–Kier alpha value is -2.40. The average Bonchev–Trinajstić information content (AvgIpc) is 2.86. The third-order valence-corrected chi connectivity index (χ3v) is 4.99. The van der Waals surface area contributed by atoms with Crippen LogP contribution in [0.1, 0.15) is 29.6 Å². The van der Waals surface area contributed by atoms with Gasteiger partial charge in [-0.1, -0.05) is 30.3 Å². The molecule has 0 aliphatic carbocycles. The molecule has 1 atom stereocenters. The number of carbonyl (C=O) groups is 2. The lowest BCUT2D eigenvalue weighted by molar-refractivity contribution is -0.138. The van der Waals surface area contributed by atoms with E-state index < -0.39 is 5.97 Å². The number of carboxylic acid groups (broad SMARTS) is 1. The number of carbonyl (C=O) groups excluding carboxylic acids is 1. The minimum absolute atomic E-state index is 0.0449. The number of hydrogen-bond donors (Lipinski definition) is 1. The highest BCUT2D eigenvalue weighted by molar-refractivity contribution is 5.98. The summed E-state index contributed by atoms with van der Waals surface area (Å²) in [6.45, 7) is 1.44. The van der Waals surface area contributed by atoms with E-state index in [0.717, 1.165) is 42.1 Å². The zero-order valence-corrected chi connectivity index (χ0v) is 14.5. The number of aliphatic carboxylic acids is 1. The van der Waals surface area contributed by atoms with E-state index in [1.165, 1.54) is 0 Å². The number of amides is 1. The summed E-state index contributed by atoms with van der Waals surface area (Å²) in [6.07, 6.45) is 2.63. The normalized spacial score (nSPS) is 18.3. The summed E-state index contributed by atoms with van der Waals surface area (Å²) in [6, 6.07) is 14.1. The van der Waals surface area contributed by atoms with Crippen molar-refractivity contribution in [2.24, 2.45) is 0 Å². The van der Waals surface area contributed by atoms with Crippen LogP contribution >= 0.6 is 0 Å². The first-order chi connectivity index (χ1) is 12.0. The third-order valence-electron chi connectivity index (χ3n) is 4.99. The monoisotopic (exact) mass is 340 g/mol. The number of rotatable bonds is 4.